The zero-order valence-electron chi connectivity index (χ0n) is 30.5. The molecule has 0 saturated heterocycles. The number of fused-ring (bicyclic) bond motifs is 11. The summed E-state index contributed by atoms with van der Waals surface area (Å²) in [7, 11) is 0. The van der Waals surface area contributed by atoms with E-state index in [1.165, 1.54) is 92.8 Å². The van der Waals surface area contributed by atoms with Gasteiger partial charge in [0.2, 0.25) is 13.4 Å². The summed E-state index contributed by atoms with van der Waals surface area (Å²) in [5, 5.41) is 7.92. The highest BCUT2D eigenvalue weighted by Gasteiger charge is 2.46. The van der Waals surface area contributed by atoms with Crippen LogP contribution in [-0.2, 0) is 0 Å². The van der Waals surface area contributed by atoms with Crippen molar-refractivity contribution in [3.05, 3.63) is 194 Å². The number of hydrogen-bond acceptors (Lipinski definition) is 0. The lowest BCUT2D eigenvalue weighted by atomic mass is 9.21. The number of para-hydroxylation sites is 4. The lowest BCUT2D eigenvalue weighted by Gasteiger charge is -2.34. The maximum Gasteiger partial charge on any atom is 0.242 e. The summed E-state index contributed by atoms with van der Waals surface area (Å²) in [6, 6.07) is 72.5. The van der Waals surface area contributed by atoms with Crippen LogP contribution in [0, 0.1) is 0 Å². The first-order valence-electron chi connectivity index (χ1n) is 19.7. The van der Waals surface area contributed by atoms with E-state index in [9.17, 15) is 0 Å². The molecule has 3 heterocycles. The Hall–Kier alpha value is -7.03. The van der Waals surface area contributed by atoms with E-state index in [0.29, 0.717) is 0 Å². The van der Waals surface area contributed by atoms with E-state index in [0.717, 1.165) is 16.9 Å². The summed E-state index contributed by atoms with van der Waals surface area (Å²) >= 11 is 0. The smallest absolute Gasteiger partial charge is 0.242 e. The summed E-state index contributed by atoms with van der Waals surface area (Å²) in [4.78, 5) is 0. The molecule has 0 radical (unpaired) electrons. The number of benzene rings is 10. The van der Waals surface area contributed by atoms with Gasteiger partial charge < -0.3 is 9.13 Å². The van der Waals surface area contributed by atoms with E-state index in [4.69, 9.17) is 0 Å². The lowest BCUT2D eigenvalue weighted by molar-refractivity contribution is 1.10. The minimum Gasteiger partial charge on any atom is -0.306 e. The van der Waals surface area contributed by atoms with Gasteiger partial charge in [-0.15, -0.1) is 0 Å². The number of hydrogen-bond donors (Lipinski definition) is 0. The van der Waals surface area contributed by atoms with Gasteiger partial charge in [0.25, 0.3) is 0 Å². The fraction of sp³-hybridized carbons (Fsp3) is 0. The van der Waals surface area contributed by atoms with Gasteiger partial charge in [0, 0.05) is 22.1 Å². The van der Waals surface area contributed by atoms with Crippen molar-refractivity contribution in [2.75, 3.05) is 0 Å². The second kappa shape index (κ2) is 11.3. The van der Waals surface area contributed by atoms with Gasteiger partial charge in [-0.25, -0.2) is 0 Å². The van der Waals surface area contributed by atoms with Crippen molar-refractivity contribution in [3.63, 3.8) is 0 Å². The van der Waals surface area contributed by atoms with E-state index in [-0.39, 0.29) is 13.4 Å². The quantitative estimate of drug-likeness (QED) is 0.0994. The summed E-state index contributed by atoms with van der Waals surface area (Å²) in [5.74, 6) is 0. The van der Waals surface area contributed by atoms with Crippen LogP contribution < -0.4 is 32.8 Å². The van der Waals surface area contributed by atoms with Crippen molar-refractivity contribution in [2.24, 2.45) is 0 Å². The van der Waals surface area contributed by atoms with Crippen LogP contribution in [0.1, 0.15) is 0 Å². The normalized spacial score (nSPS) is 12.9. The fourth-order valence-corrected chi connectivity index (χ4v) is 10.9. The molecule has 0 atom stereocenters. The second-order valence-electron chi connectivity index (χ2n) is 15.5. The largest absolute Gasteiger partial charge is 0.306 e. The molecule has 2 aliphatic heterocycles. The Morgan fingerprint density at radius 2 is 0.750 bits per heavy atom. The summed E-state index contributed by atoms with van der Waals surface area (Å²) in [6.45, 7) is 0.229. The Balaban J connectivity index is 1.32. The summed E-state index contributed by atoms with van der Waals surface area (Å²) < 4.78 is 5.04. The Morgan fingerprint density at radius 1 is 0.304 bits per heavy atom. The molecule has 1 aromatic heterocycles. The Bertz CT molecular complexity index is 3270. The second-order valence-corrected chi connectivity index (χ2v) is 15.5. The van der Waals surface area contributed by atoms with Crippen LogP contribution in [-0.4, -0.2) is 22.6 Å². The molecular weight excluding hydrogens is 674 g/mol. The van der Waals surface area contributed by atoms with Gasteiger partial charge in [-0.1, -0.05) is 191 Å². The zero-order valence-corrected chi connectivity index (χ0v) is 30.5. The third-order valence-electron chi connectivity index (χ3n) is 12.8. The highest BCUT2D eigenvalue weighted by atomic mass is 15.1. The lowest BCUT2D eigenvalue weighted by Crippen LogP contribution is -2.74. The Labute approximate surface area is 325 Å². The number of aromatic nitrogens is 2. The predicted molar refractivity (Wildman–Crippen MR) is 240 cm³/mol. The molecule has 0 fully saturated rings. The van der Waals surface area contributed by atoms with E-state index in [1.54, 1.807) is 0 Å². The monoisotopic (exact) mass is 706 g/mol. The first kappa shape index (κ1) is 30.3. The van der Waals surface area contributed by atoms with Crippen molar-refractivity contribution in [2.45, 2.75) is 0 Å². The maximum atomic E-state index is 2.52. The number of rotatable bonds is 3. The molecule has 0 unspecified atom stereocenters. The van der Waals surface area contributed by atoms with E-state index < -0.39 is 0 Å². The van der Waals surface area contributed by atoms with Crippen LogP contribution >= 0.6 is 0 Å². The van der Waals surface area contributed by atoms with Gasteiger partial charge in [-0.05, 0) is 69.1 Å². The van der Waals surface area contributed by atoms with E-state index in [2.05, 4.69) is 203 Å². The molecule has 0 aliphatic carbocycles. The highest BCUT2D eigenvalue weighted by Crippen LogP contribution is 2.44. The van der Waals surface area contributed by atoms with Gasteiger partial charge in [0.1, 0.15) is 0 Å². The predicted octanol–water partition coefficient (Wildman–Crippen LogP) is 8.36. The van der Waals surface area contributed by atoms with Gasteiger partial charge in [0.05, 0.1) is 22.1 Å². The molecule has 56 heavy (non-hydrogen) atoms. The third-order valence-corrected chi connectivity index (χ3v) is 12.8. The topological polar surface area (TPSA) is 9.86 Å². The van der Waals surface area contributed by atoms with Crippen LogP contribution in [0.15, 0.2) is 194 Å². The average molecular weight is 706 g/mol. The highest BCUT2D eigenvalue weighted by molar-refractivity contribution is 7.14. The molecule has 0 N–H and O–H groups in total. The van der Waals surface area contributed by atoms with Crippen molar-refractivity contribution >= 4 is 101 Å². The fourth-order valence-electron chi connectivity index (χ4n) is 10.9. The molecule has 0 amide bonds. The summed E-state index contributed by atoms with van der Waals surface area (Å²) in [6.07, 6.45) is 0. The van der Waals surface area contributed by atoms with Crippen LogP contribution in [0.2, 0.25) is 0 Å². The average Bonchev–Trinajstić information content (AvgIpc) is 3.61. The van der Waals surface area contributed by atoms with Gasteiger partial charge in [-0.3, -0.25) is 0 Å². The molecule has 13 rings (SSSR count). The molecule has 0 saturated carbocycles. The standard InChI is InChI=1S/C52H32B2N2/c1-4-17-33(18-5-1)53-43-30-16-24-37-36-23-10-11-29-42(36)54(48(37)43)50-39-26-15-28-41-47(39)46-38(49(50)53)25-14-27-40(46)51-52(41)56(35-21-8-3-9-22-35)45-32-13-12-31-44(45)55(51)34-19-6-2-7-20-34/h1-32H. The minimum atomic E-state index is 0.0866. The van der Waals surface area contributed by atoms with E-state index in [1.807, 2.05) is 0 Å². The van der Waals surface area contributed by atoms with Crippen LogP contribution in [0.25, 0.3) is 76.9 Å². The molecule has 0 spiro atoms. The molecule has 11 aromatic rings. The summed E-state index contributed by atoms with van der Waals surface area (Å²) in [5.41, 5.74) is 18.3. The molecule has 2 aliphatic rings. The first-order chi connectivity index (χ1) is 27.9. The minimum absolute atomic E-state index is 0.0866. The molecule has 4 heteroatoms. The molecule has 256 valence electrons. The van der Waals surface area contributed by atoms with Crippen LogP contribution in [0.5, 0.6) is 0 Å². The van der Waals surface area contributed by atoms with Crippen molar-refractivity contribution in [3.8, 4) is 22.5 Å². The SMILES string of the molecule is c1ccc(B2c3cccc4c3B(c3ccccc3-4)c3c2c2cccc4c2c2c3cccc2c2c4n(-c3ccccc3)c3ccccc3n2-c2ccccc2)cc1. The molecule has 2 nitrogen and oxygen atoms in total. The molecular formula is C52H32B2N2. The molecule has 10 aromatic carbocycles. The van der Waals surface area contributed by atoms with Gasteiger partial charge in [0.15, 0.2) is 0 Å². The van der Waals surface area contributed by atoms with E-state index >= 15 is 0 Å². The van der Waals surface area contributed by atoms with Gasteiger partial charge >= 0.3 is 0 Å². The van der Waals surface area contributed by atoms with Crippen molar-refractivity contribution in [1.82, 2.24) is 9.13 Å². The zero-order chi connectivity index (χ0) is 36.5. The first-order valence-corrected chi connectivity index (χ1v) is 19.7. The van der Waals surface area contributed by atoms with Crippen LogP contribution in [0.3, 0.4) is 0 Å². The maximum absolute atomic E-state index is 2.52. The Kier molecular flexibility index (Phi) is 6.09. The third kappa shape index (κ3) is 3.83. The molecule has 0 bridgehead atoms. The number of nitrogens with zero attached hydrogens (tertiary/aromatic N) is 2. The van der Waals surface area contributed by atoms with Crippen molar-refractivity contribution in [1.29, 1.82) is 0 Å². The van der Waals surface area contributed by atoms with Crippen molar-refractivity contribution < 1.29 is 0 Å². The van der Waals surface area contributed by atoms with Gasteiger partial charge in [-0.2, -0.15) is 0 Å². The van der Waals surface area contributed by atoms with Crippen LogP contribution in [0.4, 0.5) is 0 Å². The Morgan fingerprint density at radius 3 is 1.36 bits per heavy atom.